The van der Waals surface area contributed by atoms with Crippen LogP contribution >= 0.6 is 0 Å². The second-order valence-electron chi connectivity index (χ2n) is 5.26. The van der Waals surface area contributed by atoms with Crippen LogP contribution in [-0.4, -0.2) is 24.6 Å². The van der Waals surface area contributed by atoms with Gasteiger partial charge in [0.05, 0.1) is 25.0 Å². The Hall–Kier alpha value is -1.85. The van der Waals surface area contributed by atoms with E-state index in [1.807, 2.05) is 43.3 Å². The van der Waals surface area contributed by atoms with Crippen LogP contribution in [0.3, 0.4) is 0 Å². The minimum Gasteiger partial charge on any atom is -0.501 e. The molecule has 0 aromatic heterocycles. The Balaban J connectivity index is 1.64. The fourth-order valence-electron chi connectivity index (χ4n) is 2.69. The first-order chi connectivity index (χ1) is 9.75. The van der Waals surface area contributed by atoms with E-state index in [4.69, 9.17) is 4.74 Å². The standard InChI is InChI=1S/C15H19N3O2/c1-10(11-5-3-2-4-6-11)16-15(19)14-12-9-20-8-7-13(12)17-18-14/h2-8,10,12-14,17-18H,9H2,1H3,(H,16,19)/t10-,12?,13?,14?/m1/s1. The molecule has 5 heteroatoms. The number of ether oxygens (including phenoxy) is 1. The van der Waals surface area contributed by atoms with Gasteiger partial charge in [0.25, 0.3) is 0 Å². The largest absolute Gasteiger partial charge is 0.501 e. The van der Waals surface area contributed by atoms with E-state index < -0.39 is 0 Å². The van der Waals surface area contributed by atoms with E-state index in [1.165, 1.54) is 0 Å². The highest BCUT2D eigenvalue weighted by atomic mass is 16.5. The van der Waals surface area contributed by atoms with Gasteiger partial charge in [0.15, 0.2) is 0 Å². The summed E-state index contributed by atoms with van der Waals surface area (Å²) in [5.41, 5.74) is 7.29. The molecular formula is C15H19N3O2. The van der Waals surface area contributed by atoms with Crippen LogP contribution in [0.4, 0.5) is 0 Å². The van der Waals surface area contributed by atoms with E-state index >= 15 is 0 Å². The summed E-state index contributed by atoms with van der Waals surface area (Å²) in [6.07, 6.45) is 3.62. The number of amides is 1. The molecule has 2 aliphatic heterocycles. The van der Waals surface area contributed by atoms with Crippen LogP contribution in [0.15, 0.2) is 42.7 Å². The predicted molar refractivity (Wildman–Crippen MR) is 75.4 cm³/mol. The molecule has 0 aliphatic carbocycles. The number of carbonyl (C=O) groups is 1. The highest BCUT2D eigenvalue weighted by Gasteiger charge is 2.40. The first-order valence-electron chi connectivity index (χ1n) is 6.90. The fourth-order valence-corrected chi connectivity index (χ4v) is 2.69. The molecule has 0 radical (unpaired) electrons. The zero-order valence-corrected chi connectivity index (χ0v) is 11.4. The zero-order valence-electron chi connectivity index (χ0n) is 11.4. The van der Waals surface area contributed by atoms with Crippen molar-refractivity contribution in [1.29, 1.82) is 0 Å². The van der Waals surface area contributed by atoms with Crippen molar-refractivity contribution in [3.05, 3.63) is 48.2 Å². The van der Waals surface area contributed by atoms with Crippen LogP contribution < -0.4 is 16.2 Å². The van der Waals surface area contributed by atoms with Gasteiger partial charge in [-0.3, -0.25) is 4.79 Å². The first-order valence-corrected chi connectivity index (χ1v) is 6.90. The summed E-state index contributed by atoms with van der Waals surface area (Å²) < 4.78 is 5.31. The number of rotatable bonds is 3. The molecule has 0 spiro atoms. The maximum atomic E-state index is 12.4. The molecule has 1 fully saturated rings. The van der Waals surface area contributed by atoms with Crippen LogP contribution in [0.25, 0.3) is 0 Å². The molecular weight excluding hydrogens is 254 g/mol. The third-order valence-electron chi connectivity index (χ3n) is 3.91. The summed E-state index contributed by atoms with van der Waals surface area (Å²) in [7, 11) is 0. The van der Waals surface area contributed by atoms with Crippen molar-refractivity contribution in [2.45, 2.75) is 25.0 Å². The Morgan fingerprint density at radius 3 is 2.95 bits per heavy atom. The van der Waals surface area contributed by atoms with E-state index in [9.17, 15) is 4.79 Å². The molecule has 3 unspecified atom stereocenters. The van der Waals surface area contributed by atoms with Crippen molar-refractivity contribution >= 4 is 5.91 Å². The number of nitrogens with one attached hydrogen (secondary N) is 3. The van der Waals surface area contributed by atoms with Gasteiger partial charge < -0.3 is 10.1 Å². The number of carbonyl (C=O) groups excluding carboxylic acids is 1. The molecule has 1 amide bonds. The molecule has 106 valence electrons. The van der Waals surface area contributed by atoms with Crippen LogP contribution in [0.2, 0.25) is 0 Å². The van der Waals surface area contributed by atoms with E-state index in [-0.39, 0.29) is 30.0 Å². The molecule has 5 nitrogen and oxygen atoms in total. The lowest BCUT2D eigenvalue weighted by Crippen LogP contribution is -2.47. The zero-order chi connectivity index (χ0) is 13.9. The summed E-state index contributed by atoms with van der Waals surface area (Å²) in [5.74, 6) is 0.128. The van der Waals surface area contributed by atoms with Crippen molar-refractivity contribution in [3.8, 4) is 0 Å². The Morgan fingerprint density at radius 2 is 2.15 bits per heavy atom. The number of benzene rings is 1. The van der Waals surface area contributed by atoms with Crippen molar-refractivity contribution < 1.29 is 9.53 Å². The van der Waals surface area contributed by atoms with Crippen molar-refractivity contribution in [3.63, 3.8) is 0 Å². The van der Waals surface area contributed by atoms with Gasteiger partial charge in [-0.15, -0.1) is 0 Å². The molecule has 20 heavy (non-hydrogen) atoms. The summed E-state index contributed by atoms with van der Waals surface area (Å²) in [4.78, 5) is 12.4. The third kappa shape index (κ3) is 2.55. The Bertz CT molecular complexity index is 503. The average Bonchev–Trinajstić information content (AvgIpc) is 2.92. The van der Waals surface area contributed by atoms with Gasteiger partial charge in [-0.1, -0.05) is 30.3 Å². The maximum absolute atomic E-state index is 12.4. The van der Waals surface area contributed by atoms with Crippen molar-refractivity contribution in [1.82, 2.24) is 16.2 Å². The molecule has 0 bridgehead atoms. The Kier molecular flexibility index (Phi) is 3.71. The van der Waals surface area contributed by atoms with Gasteiger partial charge >= 0.3 is 0 Å². The van der Waals surface area contributed by atoms with E-state index in [0.717, 1.165) is 5.56 Å². The van der Waals surface area contributed by atoms with Crippen LogP contribution in [0, 0.1) is 5.92 Å². The number of fused-ring (bicyclic) bond motifs is 1. The highest BCUT2D eigenvalue weighted by molar-refractivity contribution is 5.83. The smallest absolute Gasteiger partial charge is 0.239 e. The SMILES string of the molecule is C[C@@H](NC(=O)C1NNC2C=COCC21)c1ccccc1. The minimum absolute atomic E-state index is 0.000234. The summed E-state index contributed by atoms with van der Waals surface area (Å²) in [6, 6.07) is 9.83. The molecule has 2 heterocycles. The number of hydrazine groups is 1. The minimum atomic E-state index is -0.267. The second-order valence-corrected chi connectivity index (χ2v) is 5.26. The molecule has 4 atom stereocenters. The molecule has 3 rings (SSSR count). The second kappa shape index (κ2) is 5.64. The third-order valence-corrected chi connectivity index (χ3v) is 3.91. The monoisotopic (exact) mass is 273 g/mol. The lowest BCUT2D eigenvalue weighted by atomic mass is 9.93. The lowest BCUT2D eigenvalue weighted by molar-refractivity contribution is -0.124. The van der Waals surface area contributed by atoms with Crippen LogP contribution in [0.1, 0.15) is 18.5 Å². The van der Waals surface area contributed by atoms with Crippen LogP contribution in [-0.2, 0) is 9.53 Å². The lowest BCUT2D eigenvalue weighted by Gasteiger charge is -2.24. The van der Waals surface area contributed by atoms with Gasteiger partial charge in [-0.2, -0.15) is 0 Å². The topological polar surface area (TPSA) is 62.4 Å². The van der Waals surface area contributed by atoms with Crippen molar-refractivity contribution in [2.75, 3.05) is 6.61 Å². The van der Waals surface area contributed by atoms with Crippen molar-refractivity contribution in [2.24, 2.45) is 5.92 Å². The first kappa shape index (κ1) is 13.1. The molecule has 1 aromatic carbocycles. The Labute approximate surface area is 118 Å². The molecule has 3 N–H and O–H groups in total. The predicted octanol–water partition coefficient (Wildman–Crippen LogP) is 0.869. The molecule has 1 aromatic rings. The van der Waals surface area contributed by atoms with Gasteiger partial charge in [-0.25, -0.2) is 10.9 Å². The average molecular weight is 273 g/mol. The van der Waals surface area contributed by atoms with E-state index in [2.05, 4.69) is 16.2 Å². The summed E-state index contributed by atoms with van der Waals surface area (Å²) >= 11 is 0. The highest BCUT2D eigenvalue weighted by Crippen LogP contribution is 2.21. The van der Waals surface area contributed by atoms with Gasteiger partial charge in [0.2, 0.25) is 5.91 Å². The summed E-state index contributed by atoms with van der Waals surface area (Å²) in [6.45, 7) is 2.54. The molecule has 0 saturated carbocycles. The molecule has 2 aliphatic rings. The quantitative estimate of drug-likeness (QED) is 0.765. The normalized spacial score (nSPS) is 29.4. The Morgan fingerprint density at radius 1 is 1.35 bits per heavy atom. The number of hydrogen-bond acceptors (Lipinski definition) is 4. The fraction of sp³-hybridized carbons (Fsp3) is 0.400. The van der Waals surface area contributed by atoms with Gasteiger partial charge in [0.1, 0.15) is 6.04 Å². The van der Waals surface area contributed by atoms with Gasteiger partial charge in [0, 0.05) is 5.92 Å². The number of hydrogen-bond donors (Lipinski definition) is 3. The van der Waals surface area contributed by atoms with Crippen LogP contribution in [0.5, 0.6) is 0 Å². The summed E-state index contributed by atoms with van der Waals surface area (Å²) in [5, 5.41) is 3.05. The maximum Gasteiger partial charge on any atom is 0.239 e. The molecule has 1 saturated heterocycles. The van der Waals surface area contributed by atoms with Gasteiger partial charge in [-0.05, 0) is 18.6 Å². The van der Waals surface area contributed by atoms with E-state index in [0.29, 0.717) is 6.61 Å². The van der Waals surface area contributed by atoms with E-state index in [1.54, 1.807) is 6.26 Å².